The lowest BCUT2D eigenvalue weighted by atomic mass is 10.0. The number of nitriles is 1. The van der Waals surface area contributed by atoms with E-state index in [1.807, 2.05) is 6.07 Å². The number of esters is 1. The van der Waals surface area contributed by atoms with E-state index in [9.17, 15) is 9.59 Å². The summed E-state index contributed by atoms with van der Waals surface area (Å²) >= 11 is 3.16. The number of hydrogen-bond acceptors (Lipinski definition) is 4. The van der Waals surface area contributed by atoms with Crippen molar-refractivity contribution in [2.24, 2.45) is 0 Å². The second-order valence-corrected chi connectivity index (χ2v) is 4.05. The Bertz CT molecular complexity index is 491. The van der Waals surface area contributed by atoms with Crippen molar-refractivity contribution in [3.05, 3.63) is 33.3 Å². The van der Waals surface area contributed by atoms with E-state index in [0.29, 0.717) is 34.1 Å². The molecule has 0 amide bonds. The largest absolute Gasteiger partial charge is 0.466 e. The number of rotatable bonds is 4. The molecule has 0 saturated heterocycles. The molecule has 0 fully saturated rings. The summed E-state index contributed by atoms with van der Waals surface area (Å²) in [7, 11) is 0. The molecule has 0 atom stereocenters. The Morgan fingerprint density at radius 2 is 2.29 bits per heavy atom. The molecule has 0 spiro atoms. The van der Waals surface area contributed by atoms with Crippen molar-refractivity contribution in [1.82, 2.24) is 0 Å². The topological polar surface area (TPSA) is 67.2 Å². The minimum absolute atomic E-state index is 0.0522. The van der Waals surface area contributed by atoms with Crippen molar-refractivity contribution in [3.63, 3.8) is 0 Å². The van der Waals surface area contributed by atoms with E-state index in [2.05, 4.69) is 15.9 Å². The number of ether oxygens (including phenoxy) is 1. The highest BCUT2D eigenvalue weighted by Gasteiger charge is 2.11. The molecule has 0 unspecified atom stereocenters. The highest BCUT2D eigenvalue weighted by atomic mass is 79.9. The molecule has 4 nitrogen and oxygen atoms in total. The summed E-state index contributed by atoms with van der Waals surface area (Å²) < 4.78 is 5.25. The van der Waals surface area contributed by atoms with E-state index < -0.39 is 0 Å². The minimum Gasteiger partial charge on any atom is -0.466 e. The van der Waals surface area contributed by atoms with Crippen molar-refractivity contribution in [2.45, 2.75) is 13.3 Å². The van der Waals surface area contributed by atoms with Crippen LogP contribution in [0.2, 0.25) is 0 Å². The van der Waals surface area contributed by atoms with Crippen LogP contribution >= 0.6 is 15.9 Å². The van der Waals surface area contributed by atoms with Gasteiger partial charge >= 0.3 is 5.97 Å². The Balaban J connectivity index is 3.06. The van der Waals surface area contributed by atoms with Crippen LogP contribution in [0.1, 0.15) is 28.4 Å². The fraction of sp³-hybridized carbons (Fsp3) is 0.250. The van der Waals surface area contributed by atoms with Gasteiger partial charge in [0.25, 0.3) is 0 Å². The van der Waals surface area contributed by atoms with Gasteiger partial charge in [0.05, 0.1) is 18.6 Å². The molecule has 0 heterocycles. The van der Waals surface area contributed by atoms with Gasteiger partial charge in [-0.3, -0.25) is 9.59 Å². The van der Waals surface area contributed by atoms with Crippen LogP contribution in [0.5, 0.6) is 0 Å². The third kappa shape index (κ3) is 3.40. The average Bonchev–Trinajstić information content (AvgIpc) is 2.31. The molecular weight excluding hydrogens is 286 g/mol. The Morgan fingerprint density at radius 1 is 1.59 bits per heavy atom. The minimum atomic E-state index is -0.379. The molecule has 1 rings (SSSR count). The van der Waals surface area contributed by atoms with Gasteiger partial charge in [-0.1, -0.05) is 0 Å². The van der Waals surface area contributed by atoms with Crippen LogP contribution in [0.15, 0.2) is 16.6 Å². The van der Waals surface area contributed by atoms with Crippen LogP contribution in [0, 0.1) is 11.3 Å². The molecular formula is C12H10BrNO3. The van der Waals surface area contributed by atoms with Crippen LogP contribution < -0.4 is 0 Å². The van der Waals surface area contributed by atoms with E-state index in [1.54, 1.807) is 19.1 Å². The molecule has 0 radical (unpaired) electrons. The highest BCUT2D eigenvalue weighted by Crippen LogP contribution is 2.22. The Hall–Kier alpha value is -1.67. The number of benzene rings is 1. The smallest absolute Gasteiger partial charge is 0.310 e. The number of halogens is 1. The second kappa shape index (κ2) is 6.16. The number of aldehydes is 1. The van der Waals surface area contributed by atoms with Crippen molar-refractivity contribution in [3.8, 4) is 6.07 Å². The zero-order valence-electron chi connectivity index (χ0n) is 9.20. The standard InChI is InChI=1S/C12H10BrNO3/c1-2-17-11(16)5-8-3-9(6-14)12(13)10(4-8)7-15/h3-4,7H,2,5H2,1H3. The van der Waals surface area contributed by atoms with E-state index in [0.717, 1.165) is 0 Å². The first-order chi connectivity index (χ1) is 8.12. The van der Waals surface area contributed by atoms with E-state index in [-0.39, 0.29) is 12.4 Å². The van der Waals surface area contributed by atoms with Gasteiger partial charge in [0.1, 0.15) is 6.07 Å². The molecule has 0 N–H and O–H groups in total. The third-order valence-corrected chi connectivity index (χ3v) is 2.95. The maximum absolute atomic E-state index is 11.3. The lowest BCUT2D eigenvalue weighted by Crippen LogP contribution is -2.08. The molecule has 1 aromatic rings. The summed E-state index contributed by atoms with van der Waals surface area (Å²) in [5, 5.41) is 8.89. The van der Waals surface area contributed by atoms with Crippen molar-refractivity contribution < 1.29 is 14.3 Å². The fourth-order valence-electron chi connectivity index (χ4n) is 1.36. The third-order valence-electron chi connectivity index (χ3n) is 2.06. The van der Waals surface area contributed by atoms with Crippen LogP contribution in [0.25, 0.3) is 0 Å². The highest BCUT2D eigenvalue weighted by molar-refractivity contribution is 9.10. The Labute approximate surface area is 107 Å². The summed E-state index contributed by atoms with van der Waals surface area (Å²) in [6.45, 7) is 2.03. The average molecular weight is 296 g/mol. The number of nitrogens with zero attached hydrogens (tertiary/aromatic N) is 1. The first-order valence-electron chi connectivity index (χ1n) is 4.95. The normalized spacial score (nSPS) is 9.47. The van der Waals surface area contributed by atoms with Gasteiger partial charge in [-0.15, -0.1) is 0 Å². The summed E-state index contributed by atoms with van der Waals surface area (Å²) in [5.41, 5.74) is 1.27. The first kappa shape index (κ1) is 13.4. The predicted octanol–water partition coefficient (Wildman–Crippen LogP) is 2.24. The number of carbonyl (C=O) groups excluding carboxylic acids is 2. The monoisotopic (exact) mass is 295 g/mol. The molecule has 0 saturated carbocycles. The molecule has 0 bridgehead atoms. The predicted molar refractivity (Wildman–Crippen MR) is 64.6 cm³/mol. The van der Waals surface area contributed by atoms with E-state index in [4.69, 9.17) is 10.00 Å². The van der Waals surface area contributed by atoms with Gasteiger partial charge in [-0.05, 0) is 40.5 Å². The summed E-state index contributed by atoms with van der Waals surface area (Å²) in [5.74, 6) is -0.379. The lowest BCUT2D eigenvalue weighted by Gasteiger charge is -2.05. The lowest BCUT2D eigenvalue weighted by molar-refractivity contribution is -0.142. The quantitative estimate of drug-likeness (QED) is 0.631. The summed E-state index contributed by atoms with van der Waals surface area (Å²) in [6, 6.07) is 5.09. The number of hydrogen-bond donors (Lipinski definition) is 0. The maximum atomic E-state index is 11.3. The molecule has 5 heteroatoms. The molecule has 17 heavy (non-hydrogen) atoms. The van der Waals surface area contributed by atoms with Gasteiger partial charge < -0.3 is 4.74 Å². The van der Waals surface area contributed by atoms with Crippen molar-refractivity contribution >= 4 is 28.2 Å². The van der Waals surface area contributed by atoms with Crippen LogP contribution in [-0.2, 0) is 16.0 Å². The van der Waals surface area contributed by atoms with Crippen LogP contribution in [-0.4, -0.2) is 18.9 Å². The van der Waals surface area contributed by atoms with Crippen molar-refractivity contribution in [1.29, 1.82) is 5.26 Å². The summed E-state index contributed by atoms with van der Waals surface area (Å²) in [4.78, 5) is 22.1. The van der Waals surface area contributed by atoms with Gasteiger partial charge in [0, 0.05) is 10.0 Å². The molecule has 88 valence electrons. The first-order valence-corrected chi connectivity index (χ1v) is 5.75. The van der Waals surface area contributed by atoms with Crippen LogP contribution in [0.3, 0.4) is 0 Å². The van der Waals surface area contributed by atoms with E-state index >= 15 is 0 Å². The maximum Gasteiger partial charge on any atom is 0.310 e. The van der Waals surface area contributed by atoms with Gasteiger partial charge in [-0.2, -0.15) is 5.26 Å². The zero-order valence-corrected chi connectivity index (χ0v) is 10.8. The molecule has 0 aliphatic heterocycles. The molecule has 1 aromatic carbocycles. The number of carbonyl (C=O) groups is 2. The SMILES string of the molecule is CCOC(=O)Cc1cc(C#N)c(Br)c(C=O)c1. The summed E-state index contributed by atoms with van der Waals surface area (Å²) in [6.07, 6.45) is 0.691. The molecule has 0 aromatic heterocycles. The van der Waals surface area contributed by atoms with Gasteiger partial charge in [-0.25, -0.2) is 0 Å². The van der Waals surface area contributed by atoms with Crippen LogP contribution in [0.4, 0.5) is 0 Å². The second-order valence-electron chi connectivity index (χ2n) is 3.26. The zero-order chi connectivity index (χ0) is 12.8. The van der Waals surface area contributed by atoms with Gasteiger partial charge in [0.2, 0.25) is 0 Å². The molecule has 0 aliphatic carbocycles. The Morgan fingerprint density at radius 3 is 2.82 bits per heavy atom. The van der Waals surface area contributed by atoms with Gasteiger partial charge in [0.15, 0.2) is 6.29 Å². The van der Waals surface area contributed by atoms with Crippen molar-refractivity contribution in [2.75, 3.05) is 6.61 Å². The Kier molecular flexibility index (Phi) is 4.85. The molecule has 0 aliphatic rings. The van der Waals surface area contributed by atoms with E-state index in [1.165, 1.54) is 0 Å². The fourth-order valence-corrected chi connectivity index (χ4v) is 1.77.